The van der Waals surface area contributed by atoms with Crippen LogP contribution in [-0.2, 0) is 24.1 Å². The molecule has 2 aromatic rings. The van der Waals surface area contributed by atoms with E-state index in [4.69, 9.17) is 14.6 Å². The maximum Gasteiger partial charge on any atom is 0.407 e. The van der Waals surface area contributed by atoms with Gasteiger partial charge in [-0.25, -0.2) is 4.79 Å². The second kappa shape index (κ2) is 10.4. The largest absolute Gasteiger partial charge is 0.467 e. The van der Waals surface area contributed by atoms with E-state index in [-0.39, 0.29) is 13.4 Å². The lowest BCUT2D eigenvalue weighted by Crippen LogP contribution is -2.31. The number of aliphatic hydroxyl groups is 1. The molecule has 0 radical (unpaired) electrons. The minimum atomic E-state index is -0.965. The molecule has 0 aliphatic rings. The summed E-state index contributed by atoms with van der Waals surface area (Å²) in [5, 5.41) is 18.6. The lowest BCUT2D eigenvalue weighted by molar-refractivity contribution is 0.0503. The van der Waals surface area contributed by atoms with Gasteiger partial charge in [0.15, 0.2) is 6.79 Å². The van der Waals surface area contributed by atoms with Crippen molar-refractivity contribution in [3.63, 3.8) is 0 Å². The molecule has 0 aliphatic carbocycles. The molecule has 6 nitrogen and oxygen atoms in total. The first kappa shape index (κ1) is 19.8. The monoisotopic (exact) mass is 359 g/mol. The van der Waals surface area contributed by atoms with Crippen molar-refractivity contribution < 1.29 is 24.5 Å². The van der Waals surface area contributed by atoms with Crippen LogP contribution in [0.4, 0.5) is 4.79 Å². The van der Waals surface area contributed by atoms with Crippen LogP contribution in [0.25, 0.3) is 0 Å². The standard InChI is InChI=1S/C20H25NO5/c1-25-15-26-19-8-3-2-7-18(19)9-11-21(20(23)24)14-17-6-4-5-16(13-17)10-12-22/h2-8,13,22H,9-12,14-15H2,1H3,(H,23,24). The number of nitrogens with zero attached hydrogens (tertiary/aromatic N) is 1. The molecule has 0 saturated heterocycles. The molecule has 2 rings (SSSR count). The number of methoxy groups -OCH3 is 1. The predicted molar refractivity (Wildman–Crippen MR) is 98.3 cm³/mol. The average Bonchev–Trinajstić information content (AvgIpc) is 2.64. The van der Waals surface area contributed by atoms with Gasteiger partial charge in [0.25, 0.3) is 0 Å². The number of rotatable bonds is 10. The zero-order valence-electron chi connectivity index (χ0n) is 14.9. The number of hydrogen-bond donors (Lipinski definition) is 2. The van der Waals surface area contributed by atoms with Crippen LogP contribution in [0.1, 0.15) is 16.7 Å². The summed E-state index contributed by atoms with van der Waals surface area (Å²) < 4.78 is 10.5. The van der Waals surface area contributed by atoms with Crippen LogP contribution in [0, 0.1) is 0 Å². The summed E-state index contributed by atoms with van der Waals surface area (Å²) >= 11 is 0. The zero-order valence-corrected chi connectivity index (χ0v) is 14.9. The molecule has 6 heteroatoms. The van der Waals surface area contributed by atoms with E-state index in [1.165, 1.54) is 4.90 Å². The Morgan fingerprint density at radius 3 is 2.58 bits per heavy atom. The topological polar surface area (TPSA) is 79.2 Å². The Bertz CT molecular complexity index is 704. The van der Waals surface area contributed by atoms with Gasteiger partial charge in [0.1, 0.15) is 5.75 Å². The molecular formula is C20H25NO5. The molecule has 26 heavy (non-hydrogen) atoms. The highest BCUT2D eigenvalue weighted by atomic mass is 16.7. The van der Waals surface area contributed by atoms with Crippen molar-refractivity contribution in [2.75, 3.05) is 27.1 Å². The molecule has 0 aromatic heterocycles. The fraction of sp³-hybridized carbons (Fsp3) is 0.350. The molecule has 0 aliphatic heterocycles. The third-order valence-corrected chi connectivity index (χ3v) is 3.99. The molecule has 0 atom stereocenters. The fourth-order valence-corrected chi connectivity index (χ4v) is 2.70. The van der Waals surface area contributed by atoms with E-state index in [1.54, 1.807) is 7.11 Å². The SMILES string of the molecule is COCOc1ccccc1CCN(Cc1cccc(CCO)c1)C(=O)O. The molecule has 140 valence electrons. The molecular weight excluding hydrogens is 334 g/mol. The Labute approximate surface area is 153 Å². The first-order valence-corrected chi connectivity index (χ1v) is 8.50. The van der Waals surface area contributed by atoms with Crippen molar-refractivity contribution in [1.29, 1.82) is 0 Å². The molecule has 0 saturated carbocycles. The Morgan fingerprint density at radius 1 is 1.08 bits per heavy atom. The predicted octanol–water partition coefficient (Wildman–Crippen LogP) is 2.93. The molecule has 2 N–H and O–H groups in total. The van der Waals surface area contributed by atoms with E-state index in [0.29, 0.717) is 31.7 Å². The molecule has 2 aromatic carbocycles. The van der Waals surface area contributed by atoms with Crippen LogP contribution in [-0.4, -0.2) is 48.3 Å². The summed E-state index contributed by atoms with van der Waals surface area (Å²) in [6.45, 7) is 0.879. The minimum absolute atomic E-state index is 0.0738. The average molecular weight is 359 g/mol. The van der Waals surface area contributed by atoms with Gasteiger partial charge in [-0.3, -0.25) is 0 Å². The third kappa shape index (κ3) is 6.06. The van der Waals surface area contributed by atoms with Crippen LogP contribution in [0.3, 0.4) is 0 Å². The maximum atomic E-state index is 11.6. The van der Waals surface area contributed by atoms with Crippen molar-refractivity contribution in [3.8, 4) is 5.75 Å². The van der Waals surface area contributed by atoms with Gasteiger partial charge in [-0.1, -0.05) is 42.5 Å². The van der Waals surface area contributed by atoms with Gasteiger partial charge in [0.2, 0.25) is 0 Å². The van der Waals surface area contributed by atoms with E-state index < -0.39 is 6.09 Å². The molecule has 0 heterocycles. The van der Waals surface area contributed by atoms with E-state index in [0.717, 1.165) is 16.7 Å². The smallest absolute Gasteiger partial charge is 0.407 e. The summed E-state index contributed by atoms with van der Waals surface area (Å²) in [4.78, 5) is 13.0. The van der Waals surface area contributed by atoms with Gasteiger partial charge in [-0.05, 0) is 35.6 Å². The van der Waals surface area contributed by atoms with Gasteiger partial charge in [0, 0.05) is 26.8 Å². The molecule has 0 unspecified atom stereocenters. The molecule has 0 spiro atoms. The van der Waals surface area contributed by atoms with Crippen LogP contribution in [0.2, 0.25) is 0 Å². The first-order chi connectivity index (χ1) is 12.6. The molecule has 0 bridgehead atoms. The molecule has 1 amide bonds. The normalized spacial score (nSPS) is 10.5. The number of carboxylic acid groups (broad SMARTS) is 1. The van der Waals surface area contributed by atoms with E-state index in [1.807, 2.05) is 48.5 Å². The Hall–Kier alpha value is -2.57. The number of hydrogen-bond acceptors (Lipinski definition) is 4. The van der Waals surface area contributed by atoms with Crippen LogP contribution in [0.15, 0.2) is 48.5 Å². The minimum Gasteiger partial charge on any atom is -0.467 e. The second-order valence-electron chi connectivity index (χ2n) is 5.91. The van der Waals surface area contributed by atoms with Crippen molar-refractivity contribution in [2.24, 2.45) is 0 Å². The summed E-state index contributed by atoms with van der Waals surface area (Å²) in [6.07, 6.45) is 0.140. The number of para-hydroxylation sites is 1. The highest BCUT2D eigenvalue weighted by Crippen LogP contribution is 2.19. The van der Waals surface area contributed by atoms with Gasteiger partial charge < -0.3 is 24.6 Å². The number of ether oxygens (including phenoxy) is 2. The number of amides is 1. The van der Waals surface area contributed by atoms with E-state index >= 15 is 0 Å². The van der Waals surface area contributed by atoms with Crippen LogP contribution in [0.5, 0.6) is 5.75 Å². The summed E-state index contributed by atoms with van der Waals surface area (Å²) in [5.41, 5.74) is 2.83. The maximum absolute atomic E-state index is 11.6. The highest BCUT2D eigenvalue weighted by molar-refractivity contribution is 5.65. The van der Waals surface area contributed by atoms with Gasteiger partial charge in [-0.2, -0.15) is 0 Å². The summed E-state index contributed by atoms with van der Waals surface area (Å²) in [7, 11) is 1.56. The highest BCUT2D eigenvalue weighted by Gasteiger charge is 2.14. The fourth-order valence-electron chi connectivity index (χ4n) is 2.70. The first-order valence-electron chi connectivity index (χ1n) is 8.50. The Kier molecular flexibility index (Phi) is 7.92. The number of aliphatic hydroxyl groups excluding tert-OH is 1. The third-order valence-electron chi connectivity index (χ3n) is 3.99. The summed E-state index contributed by atoms with van der Waals surface area (Å²) in [5.74, 6) is 0.699. The van der Waals surface area contributed by atoms with Crippen LogP contribution < -0.4 is 4.74 Å². The Balaban J connectivity index is 2.03. The van der Waals surface area contributed by atoms with Crippen molar-refractivity contribution in [3.05, 3.63) is 65.2 Å². The zero-order chi connectivity index (χ0) is 18.8. The van der Waals surface area contributed by atoms with Gasteiger partial charge in [0.05, 0.1) is 0 Å². The van der Waals surface area contributed by atoms with Gasteiger partial charge >= 0.3 is 6.09 Å². The van der Waals surface area contributed by atoms with Crippen molar-refractivity contribution >= 4 is 6.09 Å². The van der Waals surface area contributed by atoms with Gasteiger partial charge in [-0.15, -0.1) is 0 Å². The van der Waals surface area contributed by atoms with E-state index in [9.17, 15) is 9.90 Å². The van der Waals surface area contributed by atoms with Crippen molar-refractivity contribution in [1.82, 2.24) is 4.90 Å². The summed E-state index contributed by atoms with van der Waals surface area (Å²) in [6, 6.07) is 15.2. The lowest BCUT2D eigenvalue weighted by atomic mass is 10.1. The van der Waals surface area contributed by atoms with E-state index in [2.05, 4.69) is 0 Å². The number of carbonyl (C=O) groups is 1. The Morgan fingerprint density at radius 2 is 1.85 bits per heavy atom. The molecule has 0 fully saturated rings. The second-order valence-corrected chi connectivity index (χ2v) is 5.91. The quantitative estimate of drug-likeness (QED) is 0.638. The van der Waals surface area contributed by atoms with Crippen molar-refractivity contribution in [2.45, 2.75) is 19.4 Å². The van der Waals surface area contributed by atoms with Crippen LogP contribution >= 0.6 is 0 Å². The lowest BCUT2D eigenvalue weighted by Gasteiger charge is -2.20. The number of benzene rings is 2.